The number of para-hydroxylation sites is 2. The Kier molecular flexibility index (Phi) is 6.77. The summed E-state index contributed by atoms with van der Waals surface area (Å²) in [5.41, 5.74) is 1.47. The fourth-order valence-electron chi connectivity index (χ4n) is 3.00. The lowest BCUT2D eigenvalue weighted by Gasteiger charge is -2.16. The average molecular weight is 492 g/mol. The van der Waals surface area contributed by atoms with E-state index in [2.05, 4.69) is 35.5 Å². The number of rotatable bonds is 8. The van der Waals surface area contributed by atoms with Gasteiger partial charge in [0, 0.05) is 18.0 Å². The summed E-state index contributed by atoms with van der Waals surface area (Å²) in [6.45, 7) is 2.28. The first-order valence-corrected chi connectivity index (χ1v) is 10.3. The molecule has 34 heavy (non-hydrogen) atoms. The van der Waals surface area contributed by atoms with Crippen molar-refractivity contribution >= 4 is 23.2 Å². The van der Waals surface area contributed by atoms with E-state index in [0.29, 0.717) is 22.9 Å². The summed E-state index contributed by atoms with van der Waals surface area (Å²) in [7, 11) is 0. The van der Waals surface area contributed by atoms with Crippen molar-refractivity contribution in [1.29, 1.82) is 0 Å². The van der Waals surface area contributed by atoms with E-state index in [9.17, 15) is 13.2 Å². The lowest BCUT2D eigenvalue weighted by molar-refractivity contribution is -0.274. The smallest absolute Gasteiger partial charge is 0.487 e. The average Bonchev–Trinajstić information content (AvgIpc) is 3.29. The van der Waals surface area contributed by atoms with Gasteiger partial charge >= 0.3 is 6.36 Å². The van der Waals surface area contributed by atoms with Crippen molar-refractivity contribution in [2.24, 2.45) is 0 Å². The van der Waals surface area contributed by atoms with Crippen LogP contribution in [0.3, 0.4) is 0 Å². The van der Waals surface area contributed by atoms with Crippen molar-refractivity contribution in [2.75, 3.05) is 5.32 Å². The molecule has 0 amide bonds. The highest BCUT2D eigenvalue weighted by atomic mass is 35.5. The first-order chi connectivity index (χ1) is 16.3. The molecule has 0 radical (unpaired) electrons. The monoisotopic (exact) mass is 491 g/mol. The molecule has 0 unspecified atom stereocenters. The van der Waals surface area contributed by atoms with Gasteiger partial charge in [-0.2, -0.15) is 0 Å². The minimum Gasteiger partial charge on any atom is -0.487 e. The highest BCUT2D eigenvalue weighted by Crippen LogP contribution is 2.33. The summed E-state index contributed by atoms with van der Waals surface area (Å²) in [4.78, 5) is 8.39. The lowest BCUT2D eigenvalue weighted by atomic mass is 10.1. The van der Waals surface area contributed by atoms with Crippen LogP contribution in [0.2, 0.25) is 5.02 Å². The maximum atomic E-state index is 12.6. The molecule has 0 fully saturated rings. The standard InChI is InChI=1S/C21H17ClF3N7O2/c1-13(11-32-12-28-30-31-32)33-19-8-14(6-7-16(19)22)15-9-26-20(27-10-15)29-17-4-2-3-5-18(17)34-21(23,24)25/h2-10,12-13H,11H2,1H3,(H,26,27,29)/t13-/m0/s1. The Bertz CT molecular complexity index is 1240. The van der Waals surface area contributed by atoms with Crippen molar-refractivity contribution in [1.82, 2.24) is 30.2 Å². The van der Waals surface area contributed by atoms with Crippen LogP contribution in [0.5, 0.6) is 11.5 Å². The second-order valence-corrected chi connectivity index (χ2v) is 7.48. The van der Waals surface area contributed by atoms with Crippen LogP contribution in [0.4, 0.5) is 24.8 Å². The maximum Gasteiger partial charge on any atom is 0.573 e. The normalized spacial score (nSPS) is 12.3. The van der Waals surface area contributed by atoms with Gasteiger partial charge in [-0.25, -0.2) is 14.6 Å². The van der Waals surface area contributed by atoms with E-state index in [1.54, 1.807) is 28.9 Å². The Labute approximate surface area is 196 Å². The topological polar surface area (TPSA) is 99.9 Å². The first-order valence-electron chi connectivity index (χ1n) is 9.88. The van der Waals surface area contributed by atoms with Crippen LogP contribution in [0, 0.1) is 0 Å². The zero-order chi connectivity index (χ0) is 24.1. The van der Waals surface area contributed by atoms with Crippen LogP contribution in [0.25, 0.3) is 11.1 Å². The molecule has 1 N–H and O–H groups in total. The van der Waals surface area contributed by atoms with Crippen LogP contribution in [-0.4, -0.2) is 42.6 Å². The maximum absolute atomic E-state index is 12.6. The zero-order valence-electron chi connectivity index (χ0n) is 17.6. The van der Waals surface area contributed by atoms with Crippen LogP contribution in [-0.2, 0) is 6.54 Å². The Morgan fingerprint density at radius 1 is 1.06 bits per heavy atom. The molecule has 0 aliphatic carbocycles. The molecule has 0 saturated carbocycles. The second kappa shape index (κ2) is 9.91. The fraction of sp³-hybridized carbons (Fsp3) is 0.190. The third kappa shape index (κ3) is 6.10. The van der Waals surface area contributed by atoms with Gasteiger partial charge in [0.1, 0.15) is 18.2 Å². The second-order valence-electron chi connectivity index (χ2n) is 7.07. The summed E-state index contributed by atoms with van der Waals surface area (Å²) in [6.07, 6.45) is -0.544. The third-order valence-electron chi connectivity index (χ3n) is 4.44. The molecule has 4 rings (SSSR count). The minimum atomic E-state index is -4.82. The molecule has 9 nitrogen and oxygen atoms in total. The summed E-state index contributed by atoms with van der Waals surface area (Å²) in [5.74, 6) is 0.167. The van der Waals surface area contributed by atoms with Crippen LogP contribution in [0.15, 0.2) is 61.2 Å². The van der Waals surface area contributed by atoms with Gasteiger partial charge in [0.05, 0.1) is 17.3 Å². The number of nitrogens with zero attached hydrogens (tertiary/aromatic N) is 6. The van der Waals surface area contributed by atoms with Gasteiger partial charge in [0.15, 0.2) is 5.75 Å². The first kappa shape index (κ1) is 23.2. The molecular weight excluding hydrogens is 475 g/mol. The van der Waals surface area contributed by atoms with E-state index in [1.165, 1.54) is 36.9 Å². The van der Waals surface area contributed by atoms with Crippen molar-refractivity contribution in [3.05, 3.63) is 66.2 Å². The van der Waals surface area contributed by atoms with Crippen molar-refractivity contribution < 1.29 is 22.6 Å². The number of halogens is 4. The molecule has 0 aliphatic heterocycles. The summed E-state index contributed by atoms with van der Waals surface area (Å²) in [6, 6.07) is 10.8. The molecule has 1 atom stereocenters. The number of aromatic nitrogens is 6. The van der Waals surface area contributed by atoms with E-state index in [-0.39, 0.29) is 17.7 Å². The number of anilines is 2. The molecule has 2 aromatic heterocycles. The highest BCUT2D eigenvalue weighted by molar-refractivity contribution is 6.32. The largest absolute Gasteiger partial charge is 0.573 e. The summed E-state index contributed by atoms with van der Waals surface area (Å²) < 4.78 is 49.4. The van der Waals surface area contributed by atoms with Gasteiger partial charge in [-0.1, -0.05) is 29.8 Å². The molecule has 2 aromatic carbocycles. The van der Waals surface area contributed by atoms with Crippen LogP contribution >= 0.6 is 11.6 Å². The van der Waals surface area contributed by atoms with E-state index in [0.717, 1.165) is 5.56 Å². The predicted molar refractivity (Wildman–Crippen MR) is 117 cm³/mol. The Balaban J connectivity index is 1.47. The van der Waals surface area contributed by atoms with Gasteiger partial charge < -0.3 is 14.8 Å². The molecule has 4 aromatic rings. The number of ether oxygens (including phenoxy) is 2. The molecule has 13 heteroatoms. The minimum absolute atomic E-state index is 0.0753. The molecule has 0 aliphatic rings. The molecule has 0 spiro atoms. The number of hydrogen-bond acceptors (Lipinski definition) is 8. The number of benzene rings is 2. The molecule has 0 bridgehead atoms. The number of hydrogen-bond donors (Lipinski definition) is 1. The van der Waals surface area contributed by atoms with Gasteiger partial charge in [0.25, 0.3) is 0 Å². The van der Waals surface area contributed by atoms with Gasteiger partial charge in [-0.3, -0.25) is 0 Å². The third-order valence-corrected chi connectivity index (χ3v) is 4.75. The molecular formula is C21H17ClF3N7O2. The van der Waals surface area contributed by atoms with Crippen molar-refractivity contribution in [3.8, 4) is 22.6 Å². The number of tetrazole rings is 1. The van der Waals surface area contributed by atoms with Crippen molar-refractivity contribution in [3.63, 3.8) is 0 Å². The van der Waals surface area contributed by atoms with E-state index >= 15 is 0 Å². The van der Waals surface area contributed by atoms with Crippen LogP contribution in [0.1, 0.15) is 6.92 Å². The fourth-order valence-corrected chi connectivity index (χ4v) is 3.16. The van der Waals surface area contributed by atoms with Crippen LogP contribution < -0.4 is 14.8 Å². The summed E-state index contributed by atoms with van der Waals surface area (Å²) in [5, 5.41) is 14.1. The van der Waals surface area contributed by atoms with E-state index in [4.69, 9.17) is 16.3 Å². The summed E-state index contributed by atoms with van der Waals surface area (Å²) >= 11 is 6.28. The van der Waals surface area contributed by atoms with E-state index < -0.39 is 12.1 Å². The van der Waals surface area contributed by atoms with Crippen molar-refractivity contribution in [2.45, 2.75) is 25.9 Å². The number of alkyl halides is 3. The number of nitrogens with one attached hydrogen (secondary N) is 1. The van der Waals surface area contributed by atoms with Gasteiger partial charge in [0.2, 0.25) is 5.95 Å². The lowest BCUT2D eigenvalue weighted by Crippen LogP contribution is -2.20. The van der Waals surface area contributed by atoms with Gasteiger partial charge in [-0.05, 0) is 47.2 Å². The zero-order valence-corrected chi connectivity index (χ0v) is 18.3. The molecule has 2 heterocycles. The Morgan fingerprint density at radius 3 is 2.53 bits per heavy atom. The highest BCUT2D eigenvalue weighted by Gasteiger charge is 2.32. The Morgan fingerprint density at radius 2 is 1.82 bits per heavy atom. The van der Waals surface area contributed by atoms with E-state index in [1.807, 2.05) is 6.92 Å². The quantitative estimate of drug-likeness (QED) is 0.372. The molecule has 176 valence electrons. The van der Waals surface area contributed by atoms with Gasteiger partial charge in [-0.15, -0.1) is 18.3 Å². The molecule has 0 saturated heterocycles. The Hall–Kier alpha value is -3.93. The predicted octanol–water partition coefficient (Wildman–Crippen LogP) is 4.89. The SMILES string of the molecule is C[C@@H](Cn1cnnn1)Oc1cc(-c2cnc(Nc3ccccc3OC(F)(F)F)nc2)ccc1Cl.